The van der Waals surface area contributed by atoms with Crippen LogP contribution in [-0.4, -0.2) is 36.4 Å². The van der Waals surface area contributed by atoms with Crippen LogP contribution in [0.5, 0.6) is 5.75 Å². The Balaban J connectivity index is 2.27. The van der Waals surface area contributed by atoms with Crippen LogP contribution in [0.2, 0.25) is 10.0 Å². The van der Waals surface area contributed by atoms with Crippen molar-refractivity contribution in [2.24, 2.45) is 10.4 Å². The number of carbonyl (C=O) groups is 2. The van der Waals surface area contributed by atoms with Gasteiger partial charge in [-0.2, -0.15) is 0 Å². The Morgan fingerprint density at radius 3 is 2.60 bits per heavy atom. The molecule has 1 amide bonds. The molecule has 1 aliphatic heterocycles. The van der Waals surface area contributed by atoms with Crippen LogP contribution < -0.4 is 4.65 Å². The number of hydrogen-bond acceptors (Lipinski definition) is 6. The van der Waals surface area contributed by atoms with Crippen LogP contribution >= 0.6 is 23.2 Å². The summed E-state index contributed by atoms with van der Waals surface area (Å²) in [6.07, 6.45) is 1.06. The van der Waals surface area contributed by atoms with Gasteiger partial charge in [0.25, 0.3) is 0 Å². The van der Waals surface area contributed by atoms with Crippen LogP contribution in [0.25, 0.3) is 5.76 Å². The molecule has 0 bridgehead atoms. The molecule has 0 saturated carbocycles. The van der Waals surface area contributed by atoms with Gasteiger partial charge < -0.3 is 19.2 Å². The van der Waals surface area contributed by atoms with E-state index in [4.69, 9.17) is 37.3 Å². The Hall–Kier alpha value is -2.03. The van der Waals surface area contributed by atoms with Crippen molar-refractivity contribution in [2.45, 2.75) is 47.0 Å². The van der Waals surface area contributed by atoms with Crippen molar-refractivity contribution < 1.29 is 28.7 Å². The standard InChI is InChI=1S/C20H24BCl2NO6/c1-6-7-15(25)24-14-9-12-8-13(22)17(23)16(18(12)30-21(14)27)11(2)28-10-29-19(26)20(3,4)5/h8,27H,2,6-7,9-10H2,1,3-5H3/b24-14-. The Morgan fingerprint density at radius 1 is 1.33 bits per heavy atom. The zero-order valence-electron chi connectivity index (χ0n) is 17.4. The fourth-order valence-electron chi connectivity index (χ4n) is 2.61. The van der Waals surface area contributed by atoms with Crippen LogP contribution in [0.4, 0.5) is 0 Å². The molecule has 1 aromatic carbocycles. The van der Waals surface area contributed by atoms with Gasteiger partial charge in [0, 0.05) is 12.8 Å². The van der Waals surface area contributed by atoms with Crippen molar-refractivity contribution in [3.05, 3.63) is 33.8 Å². The van der Waals surface area contributed by atoms with E-state index in [0.29, 0.717) is 12.0 Å². The second-order valence-electron chi connectivity index (χ2n) is 7.80. The SMILES string of the molecule is C=C(OCOC(=O)C(C)(C)C)c1c(Cl)c(Cl)cc2c1OB(O)/C(=N\C(=O)CCC)C2. The lowest BCUT2D eigenvalue weighted by molar-refractivity contribution is -0.161. The molecule has 0 aliphatic carbocycles. The molecule has 1 aromatic rings. The first-order valence-corrected chi connectivity index (χ1v) is 10.2. The number of carbonyl (C=O) groups excluding carboxylic acids is 2. The summed E-state index contributed by atoms with van der Waals surface area (Å²) in [4.78, 5) is 27.6. The minimum absolute atomic E-state index is 0.0510. The van der Waals surface area contributed by atoms with Gasteiger partial charge in [0.1, 0.15) is 11.5 Å². The molecule has 1 N–H and O–H groups in total. The van der Waals surface area contributed by atoms with Crippen molar-refractivity contribution in [2.75, 3.05) is 6.79 Å². The maximum absolute atomic E-state index is 11.9. The second kappa shape index (κ2) is 9.85. The van der Waals surface area contributed by atoms with Crippen LogP contribution in [-0.2, 0) is 25.5 Å². The summed E-state index contributed by atoms with van der Waals surface area (Å²) in [5.41, 5.74) is 0.277. The number of nitrogens with zero attached hydrogens (tertiary/aromatic N) is 1. The van der Waals surface area contributed by atoms with Crippen LogP contribution in [0.15, 0.2) is 17.6 Å². The summed E-state index contributed by atoms with van der Waals surface area (Å²) in [6.45, 7) is 10.4. The fourth-order valence-corrected chi connectivity index (χ4v) is 3.08. The largest absolute Gasteiger partial charge is 0.575 e. The maximum Gasteiger partial charge on any atom is 0.575 e. The number of halogens is 2. The molecule has 0 atom stereocenters. The van der Waals surface area contributed by atoms with E-state index in [1.54, 1.807) is 26.8 Å². The number of ether oxygens (including phenoxy) is 2. The van der Waals surface area contributed by atoms with Gasteiger partial charge in [-0.05, 0) is 38.8 Å². The number of fused-ring (bicyclic) bond motifs is 1. The summed E-state index contributed by atoms with van der Waals surface area (Å²) in [6, 6.07) is 1.57. The van der Waals surface area contributed by atoms with Gasteiger partial charge in [-0.3, -0.25) is 9.59 Å². The quantitative estimate of drug-likeness (QED) is 0.298. The fraction of sp³-hybridized carbons (Fsp3) is 0.450. The Morgan fingerprint density at radius 2 is 2.00 bits per heavy atom. The van der Waals surface area contributed by atoms with Crippen molar-refractivity contribution in [3.63, 3.8) is 0 Å². The van der Waals surface area contributed by atoms with E-state index < -0.39 is 18.5 Å². The van der Waals surface area contributed by atoms with Gasteiger partial charge in [0.15, 0.2) is 0 Å². The molecule has 0 aromatic heterocycles. The molecule has 10 heteroatoms. The molecule has 0 radical (unpaired) electrons. The second-order valence-corrected chi connectivity index (χ2v) is 8.58. The van der Waals surface area contributed by atoms with Crippen molar-refractivity contribution >= 4 is 53.6 Å². The van der Waals surface area contributed by atoms with E-state index in [2.05, 4.69) is 11.6 Å². The third kappa shape index (κ3) is 5.77. The highest BCUT2D eigenvalue weighted by molar-refractivity contribution is 6.82. The van der Waals surface area contributed by atoms with Gasteiger partial charge in [-0.15, -0.1) is 0 Å². The summed E-state index contributed by atoms with van der Waals surface area (Å²) in [5, 5.41) is 10.6. The minimum atomic E-state index is -1.43. The van der Waals surface area contributed by atoms with E-state index in [0.717, 1.165) is 0 Å². The molecular weight excluding hydrogens is 432 g/mol. The van der Waals surface area contributed by atoms with Gasteiger partial charge in [0.2, 0.25) is 12.7 Å². The molecule has 162 valence electrons. The average molecular weight is 456 g/mol. The zero-order chi connectivity index (χ0) is 22.6. The third-order valence-corrected chi connectivity index (χ3v) is 4.97. The molecule has 2 rings (SSSR count). The molecule has 1 aliphatic rings. The van der Waals surface area contributed by atoms with E-state index >= 15 is 0 Å². The first kappa shape index (κ1) is 24.2. The summed E-state index contributed by atoms with van der Waals surface area (Å²) < 4.78 is 16.1. The zero-order valence-corrected chi connectivity index (χ0v) is 18.9. The van der Waals surface area contributed by atoms with Crippen LogP contribution in [0.1, 0.15) is 51.7 Å². The molecule has 7 nitrogen and oxygen atoms in total. The predicted octanol–water partition coefficient (Wildman–Crippen LogP) is 4.25. The van der Waals surface area contributed by atoms with Crippen molar-refractivity contribution in [1.29, 1.82) is 0 Å². The topological polar surface area (TPSA) is 94.4 Å². The first-order valence-electron chi connectivity index (χ1n) is 9.40. The van der Waals surface area contributed by atoms with Crippen molar-refractivity contribution in [1.82, 2.24) is 0 Å². The molecule has 1 heterocycles. The number of aliphatic imine (C=N–C) groups is 1. The Labute approximate surface area is 186 Å². The van der Waals surface area contributed by atoms with Gasteiger partial charge in [-0.1, -0.05) is 36.7 Å². The number of hydrogen-bond donors (Lipinski definition) is 1. The number of esters is 1. The summed E-state index contributed by atoms with van der Waals surface area (Å²) in [7, 11) is -1.43. The normalized spacial score (nSPS) is 14.8. The van der Waals surface area contributed by atoms with Gasteiger partial charge >= 0.3 is 13.1 Å². The monoisotopic (exact) mass is 455 g/mol. The number of amides is 1. The lowest BCUT2D eigenvalue weighted by atomic mass is 9.75. The highest BCUT2D eigenvalue weighted by atomic mass is 35.5. The molecule has 0 saturated heterocycles. The predicted molar refractivity (Wildman–Crippen MR) is 117 cm³/mol. The summed E-state index contributed by atoms with van der Waals surface area (Å²) >= 11 is 12.6. The smallest absolute Gasteiger partial charge is 0.531 e. The molecule has 0 fully saturated rings. The minimum Gasteiger partial charge on any atom is -0.531 e. The number of benzene rings is 1. The average Bonchev–Trinajstić information content (AvgIpc) is 2.63. The number of rotatable bonds is 6. The van der Waals surface area contributed by atoms with Gasteiger partial charge in [-0.25, -0.2) is 4.99 Å². The first-order chi connectivity index (χ1) is 14.0. The Kier molecular flexibility index (Phi) is 7.96. The van der Waals surface area contributed by atoms with E-state index in [1.807, 2.05) is 6.92 Å². The maximum atomic E-state index is 11.9. The Bertz CT molecular complexity index is 894. The van der Waals surface area contributed by atoms with E-state index in [1.165, 1.54) is 0 Å². The van der Waals surface area contributed by atoms with Crippen LogP contribution in [0, 0.1) is 5.41 Å². The van der Waals surface area contributed by atoms with E-state index in [9.17, 15) is 14.6 Å². The molecule has 30 heavy (non-hydrogen) atoms. The highest BCUT2D eigenvalue weighted by Gasteiger charge is 2.35. The summed E-state index contributed by atoms with van der Waals surface area (Å²) in [5.74, 6) is -0.521. The molecular formula is C20H24BCl2NO6. The lowest BCUT2D eigenvalue weighted by Crippen LogP contribution is -2.39. The third-order valence-electron chi connectivity index (χ3n) is 4.18. The van der Waals surface area contributed by atoms with Crippen LogP contribution in [0.3, 0.4) is 0 Å². The highest BCUT2D eigenvalue weighted by Crippen LogP contribution is 2.42. The van der Waals surface area contributed by atoms with Gasteiger partial charge in [0.05, 0.1) is 26.6 Å². The lowest BCUT2D eigenvalue weighted by Gasteiger charge is -2.26. The molecule has 0 spiro atoms. The van der Waals surface area contributed by atoms with Crippen molar-refractivity contribution in [3.8, 4) is 5.75 Å². The molecule has 0 unspecified atom stereocenters. The van der Waals surface area contributed by atoms with E-state index in [-0.39, 0.29) is 58.3 Å².